The van der Waals surface area contributed by atoms with Crippen LogP contribution < -0.4 is 0 Å². The number of rotatable bonds is 1. The number of nitrogens with zero attached hydrogens (tertiary/aromatic N) is 1. The van der Waals surface area contributed by atoms with Crippen molar-refractivity contribution < 1.29 is 9.59 Å². The summed E-state index contributed by atoms with van der Waals surface area (Å²) in [5.41, 5.74) is 0. The van der Waals surface area contributed by atoms with Gasteiger partial charge in [0.15, 0.2) is 0 Å². The third-order valence-corrected chi connectivity index (χ3v) is 3.46. The predicted octanol–water partition coefficient (Wildman–Crippen LogP) is 2.19. The van der Waals surface area contributed by atoms with Crippen molar-refractivity contribution in [2.75, 3.05) is 6.54 Å². The number of carbonyl (C=O) groups excluding carboxylic acids is 2. The monoisotopic (exact) mass is 329 g/mol. The molecule has 0 bridgehead atoms. The summed E-state index contributed by atoms with van der Waals surface area (Å²) in [7, 11) is 2.52. The van der Waals surface area contributed by atoms with Crippen LogP contribution in [0, 0.1) is 0 Å². The Hall–Kier alpha value is 0.300. The first-order valence-electron chi connectivity index (χ1n) is 4.81. The Balaban J connectivity index is 0.000000791. The van der Waals surface area contributed by atoms with Gasteiger partial charge >= 0.3 is 0 Å². The Kier molecular flexibility index (Phi) is 6.14. The van der Waals surface area contributed by atoms with Crippen LogP contribution in [-0.4, -0.2) is 26.4 Å². The number of halogens is 1. The van der Waals surface area contributed by atoms with Crippen molar-refractivity contribution in [2.24, 2.45) is 0 Å². The molecule has 2 unspecified atom stereocenters. The van der Waals surface area contributed by atoms with Crippen LogP contribution in [0.25, 0.3) is 0 Å². The van der Waals surface area contributed by atoms with Gasteiger partial charge in [0.25, 0.3) is 0 Å². The summed E-state index contributed by atoms with van der Waals surface area (Å²) in [6, 6.07) is 0. The van der Waals surface area contributed by atoms with Gasteiger partial charge in [0, 0.05) is 13.0 Å². The molecule has 1 fully saturated rings. The van der Waals surface area contributed by atoms with Gasteiger partial charge in [0.1, 0.15) is 3.16 Å². The second-order valence-electron chi connectivity index (χ2n) is 2.81. The van der Waals surface area contributed by atoms with Gasteiger partial charge in [-0.2, -0.15) is 0 Å². The zero-order chi connectivity index (χ0) is 11.4. The maximum absolute atomic E-state index is 11.6. The molecule has 1 saturated heterocycles. The fourth-order valence-corrected chi connectivity index (χ4v) is 2.05. The summed E-state index contributed by atoms with van der Waals surface area (Å²) >= 11 is 2.09. The molecule has 14 heavy (non-hydrogen) atoms. The summed E-state index contributed by atoms with van der Waals surface area (Å²) < 4.78 is -0.457. The standard InChI is InChI=1S/C7H11INO2P.C2H6/c1-2-9-5(10)3-4-7(8,12)6(9)11;1-2/h2-4,12H2,1H3;1-2H3. The third kappa shape index (κ3) is 3.16. The molecule has 0 aromatic carbocycles. The molecule has 0 aliphatic carbocycles. The summed E-state index contributed by atoms with van der Waals surface area (Å²) in [6.45, 7) is 6.30. The molecule has 2 atom stereocenters. The highest BCUT2D eigenvalue weighted by atomic mass is 127. The molecule has 2 amide bonds. The largest absolute Gasteiger partial charge is 0.281 e. The van der Waals surface area contributed by atoms with E-state index >= 15 is 0 Å². The third-order valence-electron chi connectivity index (χ3n) is 1.92. The summed E-state index contributed by atoms with van der Waals surface area (Å²) in [4.78, 5) is 24.1. The van der Waals surface area contributed by atoms with Crippen LogP contribution in [-0.2, 0) is 9.59 Å². The second-order valence-corrected chi connectivity index (χ2v) is 6.89. The fourth-order valence-electron chi connectivity index (χ4n) is 1.19. The fraction of sp³-hybridized carbons (Fsp3) is 0.778. The minimum Gasteiger partial charge on any atom is -0.281 e. The highest BCUT2D eigenvalue weighted by molar-refractivity contribution is 14.1. The van der Waals surface area contributed by atoms with Crippen LogP contribution in [0.1, 0.15) is 33.6 Å². The van der Waals surface area contributed by atoms with Gasteiger partial charge < -0.3 is 0 Å². The van der Waals surface area contributed by atoms with Crippen molar-refractivity contribution in [2.45, 2.75) is 36.8 Å². The van der Waals surface area contributed by atoms with Gasteiger partial charge in [-0.25, -0.2) is 0 Å². The first kappa shape index (κ1) is 14.3. The van der Waals surface area contributed by atoms with Gasteiger partial charge in [-0.1, -0.05) is 36.4 Å². The number of imide groups is 1. The van der Waals surface area contributed by atoms with E-state index < -0.39 is 3.16 Å². The van der Waals surface area contributed by atoms with Crippen LogP contribution in [0.5, 0.6) is 0 Å². The molecule has 3 nitrogen and oxygen atoms in total. The summed E-state index contributed by atoms with van der Waals surface area (Å²) in [5.74, 6) is -0.121. The molecule has 1 aliphatic heterocycles. The van der Waals surface area contributed by atoms with E-state index in [1.165, 1.54) is 4.90 Å². The SMILES string of the molecule is CC.CCN1C(=O)CCC(P)(I)C1=O. The zero-order valence-electron chi connectivity index (χ0n) is 8.84. The van der Waals surface area contributed by atoms with Crippen LogP contribution in [0.15, 0.2) is 0 Å². The minimum absolute atomic E-state index is 0.0442. The van der Waals surface area contributed by atoms with Gasteiger partial charge in [0.2, 0.25) is 11.8 Å². The molecule has 0 radical (unpaired) electrons. The lowest BCUT2D eigenvalue weighted by atomic mass is 10.1. The smallest absolute Gasteiger partial charge is 0.249 e. The summed E-state index contributed by atoms with van der Waals surface area (Å²) in [6.07, 6.45) is 1.11. The molecular weight excluding hydrogens is 312 g/mol. The molecular formula is C9H17INO2P. The lowest BCUT2D eigenvalue weighted by Gasteiger charge is -2.33. The van der Waals surface area contributed by atoms with Crippen LogP contribution >= 0.6 is 31.8 Å². The maximum Gasteiger partial charge on any atom is 0.249 e. The number of alkyl halides is 1. The number of amides is 2. The van der Waals surface area contributed by atoms with Gasteiger partial charge in [-0.3, -0.25) is 14.5 Å². The van der Waals surface area contributed by atoms with Crippen molar-refractivity contribution in [1.29, 1.82) is 0 Å². The highest BCUT2D eigenvalue weighted by Crippen LogP contribution is 2.37. The van der Waals surface area contributed by atoms with E-state index in [1.807, 2.05) is 20.8 Å². The van der Waals surface area contributed by atoms with Crippen molar-refractivity contribution in [3.63, 3.8) is 0 Å². The van der Waals surface area contributed by atoms with E-state index in [1.54, 1.807) is 0 Å². The van der Waals surface area contributed by atoms with Crippen LogP contribution in [0.4, 0.5) is 0 Å². The highest BCUT2D eigenvalue weighted by Gasteiger charge is 2.40. The average molecular weight is 329 g/mol. The van der Waals surface area contributed by atoms with E-state index in [4.69, 9.17) is 0 Å². The first-order valence-corrected chi connectivity index (χ1v) is 6.47. The molecule has 0 aromatic rings. The van der Waals surface area contributed by atoms with E-state index in [0.29, 0.717) is 19.4 Å². The topological polar surface area (TPSA) is 37.4 Å². The number of hydrogen-bond donors (Lipinski definition) is 0. The van der Waals surface area contributed by atoms with Crippen molar-refractivity contribution in [1.82, 2.24) is 4.90 Å². The van der Waals surface area contributed by atoms with Gasteiger partial charge in [-0.05, 0) is 13.3 Å². The van der Waals surface area contributed by atoms with E-state index in [-0.39, 0.29) is 11.8 Å². The zero-order valence-corrected chi connectivity index (χ0v) is 12.2. The maximum atomic E-state index is 11.6. The van der Waals surface area contributed by atoms with E-state index in [9.17, 15) is 9.59 Å². The second kappa shape index (κ2) is 6.01. The molecule has 0 N–H and O–H groups in total. The number of hydrogen-bond acceptors (Lipinski definition) is 2. The molecule has 82 valence electrons. The van der Waals surface area contributed by atoms with E-state index in [0.717, 1.165) is 0 Å². The predicted molar refractivity (Wildman–Crippen MR) is 69.4 cm³/mol. The number of likely N-dealkylation sites (tertiary alicyclic amines) is 1. The van der Waals surface area contributed by atoms with Crippen LogP contribution in [0.3, 0.4) is 0 Å². The van der Waals surface area contributed by atoms with Crippen molar-refractivity contribution in [3.8, 4) is 0 Å². The van der Waals surface area contributed by atoms with Gasteiger partial charge in [0.05, 0.1) is 0 Å². The number of carbonyl (C=O) groups is 2. The first-order chi connectivity index (χ1) is 6.49. The quantitative estimate of drug-likeness (QED) is 0.320. The Morgan fingerprint density at radius 3 is 2.36 bits per heavy atom. The summed E-state index contributed by atoms with van der Waals surface area (Å²) in [5, 5.41) is 0. The Morgan fingerprint density at radius 2 is 2.00 bits per heavy atom. The molecule has 1 rings (SSSR count). The van der Waals surface area contributed by atoms with E-state index in [2.05, 4.69) is 31.8 Å². The molecule has 0 spiro atoms. The lowest BCUT2D eigenvalue weighted by Crippen LogP contribution is -2.49. The Morgan fingerprint density at radius 1 is 1.50 bits per heavy atom. The van der Waals surface area contributed by atoms with Crippen LogP contribution in [0.2, 0.25) is 0 Å². The van der Waals surface area contributed by atoms with Crippen molar-refractivity contribution >= 4 is 43.6 Å². The van der Waals surface area contributed by atoms with Gasteiger partial charge in [-0.15, -0.1) is 9.24 Å². The number of piperidine rings is 1. The molecule has 0 saturated carbocycles. The molecule has 1 heterocycles. The lowest BCUT2D eigenvalue weighted by molar-refractivity contribution is -0.147. The van der Waals surface area contributed by atoms with Crippen molar-refractivity contribution in [3.05, 3.63) is 0 Å². The Labute approximate surface area is 101 Å². The Bertz CT molecular complexity index is 231. The average Bonchev–Trinajstić information content (AvgIpc) is 2.17. The molecule has 0 aromatic heterocycles. The normalized spacial score (nSPS) is 27.1. The minimum atomic E-state index is -0.457. The molecule has 5 heteroatoms. The molecule has 1 aliphatic rings.